The summed E-state index contributed by atoms with van der Waals surface area (Å²) in [5, 5.41) is 0. The summed E-state index contributed by atoms with van der Waals surface area (Å²) in [7, 11) is -3.76. The van der Waals surface area contributed by atoms with E-state index in [1.54, 1.807) is 6.07 Å². The molecule has 2 aromatic rings. The molecule has 0 amide bonds. The molecule has 0 spiro atoms. The summed E-state index contributed by atoms with van der Waals surface area (Å²) in [6.07, 6.45) is 0. The lowest BCUT2D eigenvalue weighted by atomic mass is 10.1. The van der Waals surface area contributed by atoms with Crippen molar-refractivity contribution in [3.05, 3.63) is 59.4 Å². The molecule has 0 fully saturated rings. The minimum atomic E-state index is -3.76. The largest absolute Gasteiger partial charge is 0.279 e. The standard InChI is InChI=1S/C14H14FNO2S/c1-10-6-7-14(11(2)8-10)16-19(17,18)13-5-3-4-12(15)9-13/h3-9,16H,1-2H3. The molecule has 0 radical (unpaired) electrons. The summed E-state index contributed by atoms with van der Waals surface area (Å²) in [6.45, 7) is 3.74. The lowest BCUT2D eigenvalue weighted by Crippen LogP contribution is -2.14. The van der Waals surface area contributed by atoms with Crippen LogP contribution in [-0.2, 0) is 10.0 Å². The Kier molecular flexibility index (Phi) is 3.57. The predicted octanol–water partition coefficient (Wildman–Crippen LogP) is 3.24. The monoisotopic (exact) mass is 279 g/mol. The number of nitrogens with one attached hydrogen (secondary N) is 1. The van der Waals surface area contributed by atoms with Gasteiger partial charge < -0.3 is 0 Å². The Morgan fingerprint density at radius 3 is 2.42 bits per heavy atom. The van der Waals surface area contributed by atoms with Crippen LogP contribution in [0.25, 0.3) is 0 Å². The molecule has 0 heterocycles. The number of hydrogen-bond acceptors (Lipinski definition) is 2. The van der Waals surface area contributed by atoms with Crippen molar-refractivity contribution in [2.24, 2.45) is 0 Å². The number of benzene rings is 2. The van der Waals surface area contributed by atoms with Crippen molar-refractivity contribution in [2.75, 3.05) is 4.72 Å². The maximum Gasteiger partial charge on any atom is 0.262 e. The minimum absolute atomic E-state index is 0.0903. The number of rotatable bonds is 3. The van der Waals surface area contributed by atoms with Crippen LogP contribution < -0.4 is 4.72 Å². The van der Waals surface area contributed by atoms with Gasteiger partial charge in [0, 0.05) is 0 Å². The second kappa shape index (κ2) is 5.01. The van der Waals surface area contributed by atoms with Crippen molar-refractivity contribution in [2.45, 2.75) is 18.7 Å². The zero-order valence-electron chi connectivity index (χ0n) is 10.6. The van der Waals surface area contributed by atoms with Gasteiger partial charge in [0.15, 0.2) is 0 Å². The zero-order valence-corrected chi connectivity index (χ0v) is 11.5. The highest BCUT2D eigenvalue weighted by Crippen LogP contribution is 2.20. The van der Waals surface area contributed by atoms with Gasteiger partial charge in [0.1, 0.15) is 5.82 Å². The molecule has 1 N–H and O–H groups in total. The van der Waals surface area contributed by atoms with Crippen molar-refractivity contribution in [3.8, 4) is 0 Å². The van der Waals surface area contributed by atoms with Crippen LogP contribution in [0.5, 0.6) is 0 Å². The Morgan fingerprint density at radius 2 is 1.79 bits per heavy atom. The predicted molar refractivity (Wildman–Crippen MR) is 73.1 cm³/mol. The Labute approximate surface area is 112 Å². The third-order valence-electron chi connectivity index (χ3n) is 2.73. The van der Waals surface area contributed by atoms with E-state index < -0.39 is 15.8 Å². The van der Waals surface area contributed by atoms with Gasteiger partial charge in [-0.05, 0) is 43.7 Å². The van der Waals surface area contributed by atoms with Crippen LogP contribution in [0.3, 0.4) is 0 Å². The Morgan fingerprint density at radius 1 is 1.05 bits per heavy atom. The molecular formula is C14H14FNO2S. The summed E-state index contributed by atoms with van der Waals surface area (Å²) >= 11 is 0. The van der Waals surface area contributed by atoms with E-state index in [1.165, 1.54) is 18.2 Å². The summed E-state index contributed by atoms with van der Waals surface area (Å²) in [4.78, 5) is -0.0903. The van der Waals surface area contributed by atoms with Gasteiger partial charge >= 0.3 is 0 Å². The maximum absolute atomic E-state index is 13.1. The van der Waals surface area contributed by atoms with Crippen LogP contribution in [0.4, 0.5) is 10.1 Å². The van der Waals surface area contributed by atoms with Crippen LogP contribution in [-0.4, -0.2) is 8.42 Å². The second-order valence-electron chi connectivity index (χ2n) is 4.38. The molecule has 19 heavy (non-hydrogen) atoms. The Balaban J connectivity index is 2.36. The first-order chi connectivity index (χ1) is 8.88. The maximum atomic E-state index is 13.1. The lowest BCUT2D eigenvalue weighted by Gasteiger charge is -2.11. The SMILES string of the molecule is Cc1ccc(NS(=O)(=O)c2cccc(F)c2)c(C)c1. The van der Waals surface area contributed by atoms with Gasteiger partial charge in [-0.15, -0.1) is 0 Å². The van der Waals surface area contributed by atoms with E-state index in [9.17, 15) is 12.8 Å². The minimum Gasteiger partial charge on any atom is -0.279 e. The first-order valence-corrected chi connectivity index (χ1v) is 7.22. The van der Waals surface area contributed by atoms with Crippen molar-refractivity contribution in [3.63, 3.8) is 0 Å². The zero-order chi connectivity index (χ0) is 14.0. The third-order valence-corrected chi connectivity index (χ3v) is 4.10. The molecule has 0 aliphatic rings. The van der Waals surface area contributed by atoms with Gasteiger partial charge in [0.05, 0.1) is 10.6 Å². The highest BCUT2D eigenvalue weighted by atomic mass is 32.2. The van der Waals surface area contributed by atoms with Gasteiger partial charge in [0.2, 0.25) is 0 Å². The van der Waals surface area contributed by atoms with Crippen LogP contribution in [0.1, 0.15) is 11.1 Å². The van der Waals surface area contributed by atoms with Crippen LogP contribution in [0.2, 0.25) is 0 Å². The van der Waals surface area contributed by atoms with E-state index in [4.69, 9.17) is 0 Å². The number of sulfonamides is 1. The van der Waals surface area contributed by atoms with Gasteiger partial charge in [-0.25, -0.2) is 12.8 Å². The summed E-state index contributed by atoms with van der Waals surface area (Å²) in [5.74, 6) is -0.580. The van der Waals surface area contributed by atoms with Crippen molar-refractivity contribution in [1.82, 2.24) is 0 Å². The van der Waals surface area contributed by atoms with Crippen molar-refractivity contribution in [1.29, 1.82) is 0 Å². The van der Waals surface area contributed by atoms with E-state index in [1.807, 2.05) is 26.0 Å². The van der Waals surface area contributed by atoms with E-state index in [-0.39, 0.29) is 4.90 Å². The molecular weight excluding hydrogens is 265 g/mol. The molecule has 0 aromatic heterocycles. The third kappa shape index (κ3) is 3.12. The topological polar surface area (TPSA) is 46.2 Å². The molecule has 0 aliphatic carbocycles. The molecule has 0 saturated carbocycles. The Bertz CT molecular complexity index is 711. The van der Waals surface area contributed by atoms with E-state index in [0.29, 0.717) is 5.69 Å². The van der Waals surface area contributed by atoms with Gasteiger partial charge in [0.25, 0.3) is 10.0 Å². The first kappa shape index (κ1) is 13.5. The number of halogens is 1. The van der Waals surface area contributed by atoms with Crippen LogP contribution >= 0.6 is 0 Å². The number of hydrogen-bond donors (Lipinski definition) is 1. The summed E-state index contributed by atoms with van der Waals surface area (Å²) < 4.78 is 39.8. The van der Waals surface area contributed by atoms with Gasteiger partial charge in [-0.3, -0.25) is 4.72 Å². The quantitative estimate of drug-likeness (QED) is 0.937. The number of anilines is 1. The second-order valence-corrected chi connectivity index (χ2v) is 6.06. The van der Waals surface area contributed by atoms with Crippen LogP contribution in [0, 0.1) is 19.7 Å². The van der Waals surface area contributed by atoms with Crippen molar-refractivity contribution >= 4 is 15.7 Å². The normalized spacial score (nSPS) is 11.3. The van der Waals surface area contributed by atoms with Gasteiger partial charge in [-0.2, -0.15) is 0 Å². The van der Waals surface area contributed by atoms with Gasteiger partial charge in [-0.1, -0.05) is 23.8 Å². The fraction of sp³-hybridized carbons (Fsp3) is 0.143. The van der Waals surface area contributed by atoms with Crippen molar-refractivity contribution < 1.29 is 12.8 Å². The molecule has 0 aliphatic heterocycles. The average Bonchev–Trinajstić information content (AvgIpc) is 2.33. The van der Waals surface area contributed by atoms with Crippen LogP contribution in [0.15, 0.2) is 47.4 Å². The van der Waals surface area contributed by atoms with E-state index in [0.717, 1.165) is 17.2 Å². The van der Waals surface area contributed by atoms with E-state index >= 15 is 0 Å². The fourth-order valence-corrected chi connectivity index (χ4v) is 2.93. The molecule has 5 heteroatoms. The summed E-state index contributed by atoms with van der Waals surface area (Å²) in [6, 6.07) is 10.3. The smallest absolute Gasteiger partial charge is 0.262 e. The Hall–Kier alpha value is -1.88. The molecule has 0 saturated heterocycles. The molecule has 2 rings (SSSR count). The molecule has 0 bridgehead atoms. The molecule has 3 nitrogen and oxygen atoms in total. The molecule has 100 valence electrons. The molecule has 0 atom stereocenters. The highest BCUT2D eigenvalue weighted by Gasteiger charge is 2.15. The molecule has 0 unspecified atom stereocenters. The summed E-state index contributed by atoms with van der Waals surface area (Å²) in [5.41, 5.74) is 2.36. The highest BCUT2D eigenvalue weighted by molar-refractivity contribution is 7.92. The van der Waals surface area contributed by atoms with E-state index in [2.05, 4.69) is 4.72 Å². The lowest BCUT2D eigenvalue weighted by molar-refractivity contribution is 0.595. The molecule has 2 aromatic carbocycles. The fourth-order valence-electron chi connectivity index (χ4n) is 1.77. The first-order valence-electron chi connectivity index (χ1n) is 5.74. The average molecular weight is 279 g/mol. The number of aryl methyl sites for hydroxylation is 2.